The van der Waals surface area contributed by atoms with Crippen LogP contribution in [-0.4, -0.2) is 15.2 Å². The Labute approximate surface area is 132 Å². The Morgan fingerprint density at radius 2 is 1.95 bits per heavy atom. The van der Waals surface area contributed by atoms with Gasteiger partial charge in [0.15, 0.2) is 0 Å². The molecule has 0 unspecified atom stereocenters. The Balaban J connectivity index is 1.67. The van der Waals surface area contributed by atoms with Crippen LogP contribution in [0.3, 0.4) is 0 Å². The molecule has 0 aliphatic heterocycles. The predicted octanol–water partition coefficient (Wildman–Crippen LogP) is 3.49. The summed E-state index contributed by atoms with van der Waals surface area (Å²) < 4.78 is 5.22. The highest BCUT2D eigenvalue weighted by Gasteiger charge is 2.08. The fourth-order valence-corrected chi connectivity index (χ4v) is 2.13. The van der Waals surface area contributed by atoms with Crippen molar-refractivity contribution in [3.8, 4) is 11.4 Å². The predicted molar refractivity (Wildman–Crippen MR) is 84.4 cm³/mol. The summed E-state index contributed by atoms with van der Waals surface area (Å²) in [6.45, 7) is 0.423. The first-order valence-electron chi connectivity index (χ1n) is 6.77. The summed E-state index contributed by atoms with van der Waals surface area (Å²) in [6.07, 6.45) is 0. The smallest absolute Gasteiger partial charge is 0.246 e. The van der Waals surface area contributed by atoms with Crippen LogP contribution < -0.4 is 5.32 Å². The molecule has 0 atom stereocenters. The molecule has 5 nitrogen and oxygen atoms in total. The highest BCUT2D eigenvalue weighted by molar-refractivity contribution is 6.30. The summed E-state index contributed by atoms with van der Waals surface area (Å²) in [4.78, 5) is 4.34. The van der Waals surface area contributed by atoms with Gasteiger partial charge in [-0.15, -0.1) is 0 Å². The molecule has 2 N–H and O–H groups in total. The van der Waals surface area contributed by atoms with Gasteiger partial charge in [-0.1, -0.05) is 28.9 Å². The number of rotatable bonds is 5. The van der Waals surface area contributed by atoms with Crippen molar-refractivity contribution in [3.05, 3.63) is 65.0 Å². The van der Waals surface area contributed by atoms with Crippen LogP contribution in [0.1, 0.15) is 11.5 Å². The maximum Gasteiger partial charge on any atom is 0.246 e. The molecule has 0 fully saturated rings. The Morgan fingerprint density at radius 3 is 2.73 bits per heavy atom. The van der Waals surface area contributed by atoms with Gasteiger partial charge in [-0.3, -0.25) is 0 Å². The van der Waals surface area contributed by atoms with Crippen LogP contribution in [0.2, 0.25) is 5.02 Å². The molecule has 0 bridgehead atoms. The van der Waals surface area contributed by atoms with Crippen molar-refractivity contribution in [1.29, 1.82) is 0 Å². The molecule has 0 saturated carbocycles. The molecule has 0 spiro atoms. The summed E-state index contributed by atoms with van der Waals surface area (Å²) in [5.74, 6) is 1.01. The van der Waals surface area contributed by atoms with E-state index in [4.69, 9.17) is 21.2 Å². The first-order chi connectivity index (χ1) is 10.7. The van der Waals surface area contributed by atoms with E-state index in [-0.39, 0.29) is 6.61 Å². The van der Waals surface area contributed by atoms with E-state index < -0.39 is 0 Å². The van der Waals surface area contributed by atoms with Crippen molar-refractivity contribution in [2.24, 2.45) is 0 Å². The quantitative estimate of drug-likeness (QED) is 0.754. The molecule has 3 aromatic rings. The molecule has 3 rings (SSSR count). The van der Waals surface area contributed by atoms with Crippen LogP contribution in [0.4, 0.5) is 5.69 Å². The molecule has 0 saturated heterocycles. The molecule has 0 radical (unpaired) electrons. The van der Waals surface area contributed by atoms with Crippen molar-refractivity contribution in [2.45, 2.75) is 13.2 Å². The van der Waals surface area contributed by atoms with Gasteiger partial charge in [0, 0.05) is 16.3 Å². The van der Waals surface area contributed by atoms with Gasteiger partial charge in [-0.25, -0.2) is 0 Å². The van der Waals surface area contributed by atoms with Gasteiger partial charge in [0.2, 0.25) is 11.7 Å². The minimum absolute atomic E-state index is 0.0107. The molecular weight excluding hydrogens is 302 g/mol. The monoisotopic (exact) mass is 315 g/mol. The third-order valence-corrected chi connectivity index (χ3v) is 3.38. The van der Waals surface area contributed by atoms with Crippen molar-refractivity contribution in [1.82, 2.24) is 10.1 Å². The number of hydrogen-bond acceptors (Lipinski definition) is 5. The van der Waals surface area contributed by atoms with Gasteiger partial charge in [-0.05, 0) is 42.0 Å². The third-order valence-electron chi connectivity index (χ3n) is 3.12. The Kier molecular flexibility index (Phi) is 4.37. The van der Waals surface area contributed by atoms with Gasteiger partial charge in [-0.2, -0.15) is 4.98 Å². The number of aliphatic hydroxyl groups excluding tert-OH is 1. The summed E-state index contributed by atoms with van der Waals surface area (Å²) in [7, 11) is 0. The molecule has 2 aromatic carbocycles. The first-order valence-corrected chi connectivity index (χ1v) is 7.14. The van der Waals surface area contributed by atoms with Crippen LogP contribution in [0, 0.1) is 0 Å². The van der Waals surface area contributed by atoms with Crippen molar-refractivity contribution in [3.63, 3.8) is 0 Å². The number of aromatic nitrogens is 2. The van der Waals surface area contributed by atoms with Crippen LogP contribution >= 0.6 is 11.6 Å². The zero-order chi connectivity index (χ0) is 15.4. The van der Waals surface area contributed by atoms with Gasteiger partial charge in [0.1, 0.15) is 0 Å². The molecule has 0 amide bonds. The molecule has 0 aliphatic rings. The van der Waals surface area contributed by atoms with Crippen LogP contribution in [0.25, 0.3) is 11.4 Å². The Bertz CT molecular complexity index is 756. The molecule has 6 heteroatoms. The number of nitrogens with zero attached hydrogens (tertiary/aromatic N) is 2. The minimum atomic E-state index is 0.0107. The fraction of sp³-hybridized carbons (Fsp3) is 0.125. The van der Waals surface area contributed by atoms with E-state index in [1.807, 2.05) is 36.4 Å². The zero-order valence-electron chi connectivity index (χ0n) is 11.7. The van der Waals surface area contributed by atoms with Gasteiger partial charge >= 0.3 is 0 Å². The van der Waals surface area contributed by atoms with E-state index >= 15 is 0 Å². The van der Waals surface area contributed by atoms with E-state index in [0.717, 1.165) is 16.8 Å². The number of halogens is 1. The Morgan fingerprint density at radius 1 is 1.14 bits per heavy atom. The molecule has 0 aliphatic carbocycles. The molecule has 1 aromatic heterocycles. The lowest BCUT2D eigenvalue weighted by molar-refractivity contribution is 0.282. The normalized spacial score (nSPS) is 10.6. The van der Waals surface area contributed by atoms with Gasteiger partial charge in [0.25, 0.3) is 0 Å². The van der Waals surface area contributed by atoms with Crippen molar-refractivity contribution >= 4 is 17.3 Å². The highest BCUT2D eigenvalue weighted by Crippen LogP contribution is 2.19. The molecule has 22 heavy (non-hydrogen) atoms. The number of hydrogen-bond donors (Lipinski definition) is 2. The maximum absolute atomic E-state index is 9.12. The van der Waals surface area contributed by atoms with E-state index in [0.29, 0.717) is 23.3 Å². The van der Waals surface area contributed by atoms with Crippen LogP contribution in [0.15, 0.2) is 53.1 Å². The minimum Gasteiger partial charge on any atom is -0.392 e. The second kappa shape index (κ2) is 6.60. The average Bonchev–Trinajstić information content (AvgIpc) is 3.03. The maximum atomic E-state index is 9.12. The second-order valence-electron chi connectivity index (χ2n) is 4.73. The summed E-state index contributed by atoms with van der Waals surface area (Å²) in [5.41, 5.74) is 2.58. The van der Waals surface area contributed by atoms with E-state index in [1.54, 1.807) is 12.1 Å². The number of aliphatic hydroxyl groups is 1. The SMILES string of the molecule is OCc1cccc(NCc2nc(-c3ccc(Cl)cc3)no2)c1. The highest BCUT2D eigenvalue weighted by atomic mass is 35.5. The fourth-order valence-electron chi connectivity index (χ4n) is 2.00. The zero-order valence-corrected chi connectivity index (χ0v) is 12.4. The Hall–Kier alpha value is -2.37. The van der Waals surface area contributed by atoms with Crippen LogP contribution in [-0.2, 0) is 13.2 Å². The van der Waals surface area contributed by atoms with E-state index in [9.17, 15) is 0 Å². The van der Waals surface area contributed by atoms with Crippen molar-refractivity contribution in [2.75, 3.05) is 5.32 Å². The third kappa shape index (κ3) is 3.44. The van der Waals surface area contributed by atoms with Crippen molar-refractivity contribution < 1.29 is 9.63 Å². The molecular formula is C16H14ClN3O2. The standard InChI is InChI=1S/C16H14ClN3O2/c17-13-6-4-12(5-7-13)16-19-15(22-20-16)9-18-14-3-1-2-11(8-14)10-21/h1-8,18,21H,9-10H2. The molecule has 112 valence electrons. The molecule has 1 heterocycles. The number of nitrogens with one attached hydrogen (secondary N) is 1. The lowest BCUT2D eigenvalue weighted by Gasteiger charge is -2.04. The topological polar surface area (TPSA) is 71.2 Å². The average molecular weight is 316 g/mol. The first kappa shape index (κ1) is 14.6. The lowest BCUT2D eigenvalue weighted by Crippen LogP contribution is -2.00. The summed E-state index contributed by atoms with van der Waals surface area (Å²) in [6, 6.07) is 14.8. The van der Waals surface area contributed by atoms with Gasteiger partial charge in [0.05, 0.1) is 13.2 Å². The van der Waals surface area contributed by atoms with Crippen LogP contribution in [0.5, 0.6) is 0 Å². The lowest BCUT2D eigenvalue weighted by atomic mass is 10.2. The second-order valence-corrected chi connectivity index (χ2v) is 5.17. The summed E-state index contributed by atoms with van der Waals surface area (Å²) >= 11 is 5.85. The summed E-state index contributed by atoms with van der Waals surface area (Å²) in [5, 5.41) is 16.9. The van der Waals surface area contributed by atoms with E-state index in [1.165, 1.54) is 0 Å². The number of anilines is 1. The largest absolute Gasteiger partial charge is 0.392 e. The van der Waals surface area contributed by atoms with E-state index in [2.05, 4.69) is 15.5 Å². The number of benzene rings is 2. The van der Waals surface area contributed by atoms with Gasteiger partial charge < -0.3 is 14.9 Å².